The molecule has 2 aliphatic rings. The number of aliphatic hydroxyl groups excluding tert-OH is 1. The van der Waals surface area contributed by atoms with E-state index in [4.69, 9.17) is 11.6 Å². The van der Waals surface area contributed by atoms with Crippen molar-refractivity contribution in [1.82, 2.24) is 20.2 Å². The van der Waals surface area contributed by atoms with Crippen molar-refractivity contribution < 1.29 is 5.11 Å². The Balaban J connectivity index is 1.59. The average molecular weight is 361 g/mol. The first-order chi connectivity index (χ1) is 12.0. The predicted molar refractivity (Wildman–Crippen MR) is 102 cm³/mol. The van der Waals surface area contributed by atoms with Crippen molar-refractivity contribution in [2.45, 2.75) is 43.5 Å². The van der Waals surface area contributed by atoms with Crippen molar-refractivity contribution >= 4 is 35.8 Å². The van der Waals surface area contributed by atoms with E-state index in [2.05, 4.69) is 15.6 Å². The smallest absolute Gasteiger partial charge is 0.261 e. The van der Waals surface area contributed by atoms with Gasteiger partial charge in [-0.2, -0.15) is 0 Å². The molecule has 132 valence electrons. The number of fused-ring (bicyclic) bond motifs is 1. The van der Waals surface area contributed by atoms with Gasteiger partial charge >= 0.3 is 0 Å². The van der Waals surface area contributed by atoms with Gasteiger partial charge in [0.05, 0.1) is 28.9 Å². The summed E-state index contributed by atoms with van der Waals surface area (Å²) in [5.74, 6) is 0. The molecule has 1 aromatic carbocycles. The minimum atomic E-state index is -0.318. The summed E-state index contributed by atoms with van der Waals surface area (Å²) in [5.41, 5.74) is 1.36. The lowest BCUT2D eigenvalue weighted by Crippen LogP contribution is -2.48. The molecule has 0 radical (unpaired) electrons. The van der Waals surface area contributed by atoms with Crippen molar-refractivity contribution in [2.75, 3.05) is 13.1 Å². The Kier molecular flexibility index (Phi) is 4.36. The maximum absolute atomic E-state index is 12.8. The van der Waals surface area contributed by atoms with E-state index in [9.17, 15) is 9.90 Å². The van der Waals surface area contributed by atoms with Crippen LogP contribution >= 0.6 is 11.6 Å². The second-order valence-electron chi connectivity index (χ2n) is 7.40. The Labute approximate surface area is 152 Å². The van der Waals surface area contributed by atoms with Crippen molar-refractivity contribution in [2.24, 2.45) is 0 Å². The summed E-state index contributed by atoms with van der Waals surface area (Å²) in [6, 6.07) is 3.62. The zero-order valence-electron chi connectivity index (χ0n) is 14.3. The fraction of sp³-hybridized carbons (Fsp3) is 0.529. The maximum Gasteiger partial charge on any atom is 0.261 e. The third-order valence-electron chi connectivity index (χ3n) is 5.41. The lowest BCUT2D eigenvalue weighted by Gasteiger charge is -2.31. The van der Waals surface area contributed by atoms with E-state index >= 15 is 0 Å². The number of hydrogen-bond donors (Lipinski definition) is 3. The second-order valence-corrected chi connectivity index (χ2v) is 7.81. The van der Waals surface area contributed by atoms with E-state index in [0.717, 1.165) is 37.8 Å². The normalized spacial score (nSPS) is 29.0. The Morgan fingerprint density at radius 3 is 3.00 bits per heavy atom. The summed E-state index contributed by atoms with van der Waals surface area (Å²) in [6.45, 7) is 2.33. The summed E-state index contributed by atoms with van der Waals surface area (Å²) >= 11 is 6.18. The van der Waals surface area contributed by atoms with Crippen LogP contribution in [-0.2, 0) is 6.54 Å². The SMILES string of the molecule is Bc1cc2ncn(CC3(C[C@@H]4NCCC[C@H]4O)CN3)c(=O)c2cc1Cl. The summed E-state index contributed by atoms with van der Waals surface area (Å²) in [4.78, 5) is 17.3. The molecule has 2 fully saturated rings. The molecule has 3 heterocycles. The number of rotatable bonds is 4. The fourth-order valence-electron chi connectivity index (χ4n) is 3.73. The average Bonchev–Trinajstić information content (AvgIpc) is 3.34. The molecule has 1 aromatic heterocycles. The Bertz CT molecular complexity index is 868. The lowest BCUT2D eigenvalue weighted by atomic mass is 9.91. The number of halogens is 1. The largest absolute Gasteiger partial charge is 0.392 e. The molecule has 0 bridgehead atoms. The molecule has 8 heteroatoms. The van der Waals surface area contributed by atoms with Crippen LogP contribution in [0.4, 0.5) is 0 Å². The van der Waals surface area contributed by atoms with Gasteiger partial charge < -0.3 is 15.7 Å². The summed E-state index contributed by atoms with van der Waals surface area (Å²) in [6.07, 6.45) is 3.94. The number of aliphatic hydroxyl groups is 1. The number of aromatic nitrogens is 2. The molecule has 4 rings (SSSR count). The minimum absolute atomic E-state index is 0.0721. The van der Waals surface area contributed by atoms with Crippen LogP contribution < -0.4 is 21.7 Å². The van der Waals surface area contributed by atoms with Crippen LogP contribution in [0.25, 0.3) is 10.9 Å². The molecule has 2 aromatic rings. The third-order valence-corrected chi connectivity index (χ3v) is 5.82. The van der Waals surface area contributed by atoms with Crippen LogP contribution in [0.1, 0.15) is 19.3 Å². The van der Waals surface area contributed by atoms with Gasteiger partial charge in [0, 0.05) is 24.2 Å². The van der Waals surface area contributed by atoms with Gasteiger partial charge in [0.2, 0.25) is 0 Å². The highest BCUT2D eigenvalue weighted by Crippen LogP contribution is 2.28. The standard InChI is InChI=1S/C17H22BClN4O2/c18-11-5-13-10(4-12(11)19)16(25)23(9-21-13)8-17(7-22-17)6-14-15(24)2-1-3-20-14/h4-5,9,14-15,20,22,24H,1-3,6-8,18H2/t14-,15+,17?/m0/s1. The van der Waals surface area contributed by atoms with Crippen LogP contribution in [0.2, 0.25) is 5.02 Å². The van der Waals surface area contributed by atoms with Crippen LogP contribution in [0.5, 0.6) is 0 Å². The minimum Gasteiger partial charge on any atom is -0.392 e. The van der Waals surface area contributed by atoms with Crippen molar-refractivity contribution in [3.05, 3.63) is 33.8 Å². The molecule has 3 N–H and O–H groups in total. The Morgan fingerprint density at radius 2 is 2.28 bits per heavy atom. The third kappa shape index (κ3) is 3.34. The van der Waals surface area contributed by atoms with Gasteiger partial charge in [-0.25, -0.2) is 4.98 Å². The van der Waals surface area contributed by atoms with Crippen molar-refractivity contribution in [1.29, 1.82) is 0 Å². The van der Waals surface area contributed by atoms with E-state index in [1.807, 2.05) is 13.9 Å². The Morgan fingerprint density at radius 1 is 1.48 bits per heavy atom. The zero-order valence-corrected chi connectivity index (χ0v) is 15.0. The van der Waals surface area contributed by atoms with Crippen LogP contribution in [0, 0.1) is 0 Å². The summed E-state index contributed by atoms with van der Waals surface area (Å²) in [5, 5.41) is 18.1. The first-order valence-electron chi connectivity index (χ1n) is 8.79. The quantitative estimate of drug-likeness (QED) is 0.488. The molecule has 2 saturated heterocycles. The number of nitrogens with zero attached hydrogens (tertiary/aromatic N) is 2. The molecule has 0 saturated carbocycles. The highest BCUT2D eigenvalue weighted by atomic mass is 35.5. The first kappa shape index (κ1) is 17.0. The van der Waals surface area contributed by atoms with Gasteiger partial charge in [-0.1, -0.05) is 17.1 Å². The Hall–Kier alpha value is -1.41. The number of hydrogen-bond acceptors (Lipinski definition) is 5. The van der Waals surface area contributed by atoms with Gasteiger partial charge in [-0.05, 0) is 37.9 Å². The molecule has 0 amide bonds. The number of benzene rings is 1. The zero-order chi connectivity index (χ0) is 17.6. The monoisotopic (exact) mass is 360 g/mol. The van der Waals surface area contributed by atoms with Crippen molar-refractivity contribution in [3.63, 3.8) is 0 Å². The molecule has 0 spiro atoms. The van der Waals surface area contributed by atoms with Gasteiger partial charge in [-0.15, -0.1) is 0 Å². The topological polar surface area (TPSA) is 89.1 Å². The highest BCUT2D eigenvalue weighted by molar-refractivity contribution is 6.45. The van der Waals surface area contributed by atoms with Gasteiger partial charge in [0.15, 0.2) is 0 Å². The molecular weight excluding hydrogens is 338 g/mol. The number of piperidine rings is 1. The van der Waals surface area contributed by atoms with E-state index in [-0.39, 0.29) is 23.2 Å². The first-order valence-corrected chi connectivity index (χ1v) is 9.17. The molecule has 25 heavy (non-hydrogen) atoms. The summed E-state index contributed by atoms with van der Waals surface area (Å²) < 4.78 is 1.66. The molecule has 6 nitrogen and oxygen atoms in total. The van der Waals surface area contributed by atoms with Crippen LogP contribution in [0.3, 0.4) is 0 Å². The van der Waals surface area contributed by atoms with Crippen molar-refractivity contribution in [3.8, 4) is 0 Å². The fourth-order valence-corrected chi connectivity index (χ4v) is 3.90. The summed E-state index contributed by atoms with van der Waals surface area (Å²) in [7, 11) is 1.90. The van der Waals surface area contributed by atoms with E-state index in [1.165, 1.54) is 0 Å². The predicted octanol–water partition coefficient (Wildman–Crippen LogP) is -0.847. The maximum atomic E-state index is 12.8. The molecule has 0 aliphatic carbocycles. The van der Waals surface area contributed by atoms with E-state index in [1.54, 1.807) is 17.0 Å². The van der Waals surface area contributed by atoms with Crippen LogP contribution in [-0.4, -0.2) is 53.3 Å². The van der Waals surface area contributed by atoms with E-state index < -0.39 is 0 Å². The molecule has 1 unspecified atom stereocenters. The van der Waals surface area contributed by atoms with E-state index in [0.29, 0.717) is 22.5 Å². The van der Waals surface area contributed by atoms with Gasteiger partial charge in [0.1, 0.15) is 7.85 Å². The molecule has 3 atom stereocenters. The molecule has 2 aliphatic heterocycles. The number of nitrogens with one attached hydrogen (secondary N) is 2. The van der Waals surface area contributed by atoms with Crippen LogP contribution in [0.15, 0.2) is 23.3 Å². The highest BCUT2D eigenvalue weighted by Gasteiger charge is 2.45. The second kappa shape index (κ2) is 6.39. The lowest BCUT2D eigenvalue weighted by molar-refractivity contribution is 0.0859. The molecular formula is C17H22BClN4O2. The van der Waals surface area contributed by atoms with Gasteiger partial charge in [0.25, 0.3) is 5.56 Å². The van der Waals surface area contributed by atoms with Gasteiger partial charge in [-0.3, -0.25) is 9.36 Å².